The van der Waals surface area contributed by atoms with E-state index in [-0.39, 0.29) is 0 Å². The van der Waals surface area contributed by atoms with Gasteiger partial charge in [-0.2, -0.15) is 4.98 Å². The number of piperazine rings is 1. The fourth-order valence-electron chi connectivity index (χ4n) is 3.68. The third kappa shape index (κ3) is 3.67. The van der Waals surface area contributed by atoms with Crippen molar-refractivity contribution in [2.24, 2.45) is 0 Å². The number of aryl methyl sites for hydroxylation is 1. The molecule has 0 atom stereocenters. The molecule has 132 valence electrons. The van der Waals surface area contributed by atoms with E-state index < -0.39 is 0 Å². The van der Waals surface area contributed by atoms with Gasteiger partial charge in [-0.1, -0.05) is 0 Å². The quantitative estimate of drug-likeness (QED) is 0.857. The Bertz CT molecular complexity index is 690. The highest BCUT2D eigenvalue weighted by Crippen LogP contribution is 2.23. The summed E-state index contributed by atoms with van der Waals surface area (Å²) >= 11 is 0. The molecule has 0 unspecified atom stereocenters. The van der Waals surface area contributed by atoms with Crippen LogP contribution in [-0.2, 0) is 0 Å². The molecule has 2 fully saturated rings. The third-order valence-corrected chi connectivity index (χ3v) is 5.10. The first-order valence-electron chi connectivity index (χ1n) is 9.30. The molecule has 2 aromatic heterocycles. The predicted molar refractivity (Wildman–Crippen MR) is 101 cm³/mol. The van der Waals surface area contributed by atoms with Crippen LogP contribution >= 0.6 is 0 Å². The molecule has 2 aliphatic heterocycles. The van der Waals surface area contributed by atoms with Crippen LogP contribution in [0.15, 0.2) is 30.6 Å². The van der Waals surface area contributed by atoms with E-state index >= 15 is 0 Å². The maximum Gasteiger partial charge on any atom is 0.227 e. The van der Waals surface area contributed by atoms with Crippen molar-refractivity contribution < 1.29 is 0 Å². The summed E-state index contributed by atoms with van der Waals surface area (Å²) in [7, 11) is 0. The highest BCUT2D eigenvalue weighted by atomic mass is 15.3. The van der Waals surface area contributed by atoms with Gasteiger partial charge in [0.1, 0.15) is 5.82 Å². The molecule has 0 bridgehead atoms. The first kappa shape index (κ1) is 16.1. The van der Waals surface area contributed by atoms with Crippen LogP contribution in [0, 0.1) is 6.92 Å². The summed E-state index contributed by atoms with van der Waals surface area (Å²) in [5.74, 6) is 1.98. The maximum atomic E-state index is 4.89. The number of pyridine rings is 1. The van der Waals surface area contributed by atoms with Crippen molar-refractivity contribution in [3.63, 3.8) is 0 Å². The molecule has 4 rings (SSSR count). The molecule has 0 N–H and O–H groups in total. The van der Waals surface area contributed by atoms with Crippen molar-refractivity contribution >= 4 is 17.5 Å². The molecule has 0 spiro atoms. The van der Waals surface area contributed by atoms with E-state index in [1.54, 1.807) is 0 Å². The van der Waals surface area contributed by atoms with Crippen LogP contribution in [0.5, 0.6) is 0 Å². The van der Waals surface area contributed by atoms with Gasteiger partial charge in [0.25, 0.3) is 0 Å². The van der Waals surface area contributed by atoms with Crippen LogP contribution < -0.4 is 14.7 Å². The van der Waals surface area contributed by atoms with Gasteiger partial charge in [0.05, 0.1) is 0 Å². The summed E-state index contributed by atoms with van der Waals surface area (Å²) in [5.41, 5.74) is 2.31. The molecule has 0 saturated carbocycles. The Kier molecular flexibility index (Phi) is 4.68. The minimum atomic E-state index is 0.909. The smallest absolute Gasteiger partial charge is 0.227 e. The van der Waals surface area contributed by atoms with Crippen molar-refractivity contribution in [1.29, 1.82) is 0 Å². The second-order valence-electron chi connectivity index (χ2n) is 6.89. The minimum Gasteiger partial charge on any atom is -0.368 e. The highest BCUT2D eigenvalue weighted by molar-refractivity contribution is 5.50. The van der Waals surface area contributed by atoms with Gasteiger partial charge in [-0.3, -0.25) is 4.98 Å². The fourth-order valence-corrected chi connectivity index (χ4v) is 3.68. The summed E-state index contributed by atoms with van der Waals surface area (Å²) < 4.78 is 0. The topological polar surface area (TPSA) is 48.4 Å². The number of hydrogen-bond donors (Lipinski definition) is 0. The Morgan fingerprint density at radius 1 is 0.760 bits per heavy atom. The minimum absolute atomic E-state index is 0.909. The molecular weight excluding hydrogens is 312 g/mol. The summed E-state index contributed by atoms with van der Waals surface area (Å²) in [6.07, 6.45) is 7.54. The molecule has 6 nitrogen and oxygen atoms in total. The van der Waals surface area contributed by atoms with E-state index in [2.05, 4.69) is 49.8 Å². The van der Waals surface area contributed by atoms with E-state index in [1.807, 2.05) is 12.4 Å². The Hall–Kier alpha value is -2.37. The van der Waals surface area contributed by atoms with Gasteiger partial charge in [-0.25, -0.2) is 4.98 Å². The zero-order valence-electron chi connectivity index (χ0n) is 14.9. The average Bonchev–Trinajstić information content (AvgIpc) is 2.69. The van der Waals surface area contributed by atoms with Gasteiger partial charge < -0.3 is 14.7 Å². The van der Waals surface area contributed by atoms with E-state index in [0.717, 1.165) is 56.7 Å². The molecule has 0 aliphatic carbocycles. The summed E-state index contributed by atoms with van der Waals surface area (Å²) in [4.78, 5) is 20.8. The molecule has 2 aliphatic rings. The number of aromatic nitrogens is 3. The molecule has 4 heterocycles. The molecule has 2 aromatic rings. The number of nitrogens with zero attached hydrogens (tertiary/aromatic N) is 6. The maximum absolute atomic E-state index is 4.89. The second kappa shape index (κ2) is 7.25. The summed E-state index contributed by atoms with van der Waals surface area (Å²) in [6.45, 7) is 8.22. The lowest BCUT2D eigenvalue weighted by molar-refractivity contribution is 0.566. The van der Waals surface area contributed by atoms with E-state index in [0.29, 0.717) is 0 Å². The van der Waals surface area contributed by atoms with Crippen LogP contribution in [0.2, 0.25) is 0 Å². The van der Waals surface area contributed by atoms with E-state index in [1.165, 1.54) is 24.9 Å². The molecule has 0 amide bonds. The Morgan fingerprint density at radius 3 is 2.16 bits per heavy atom. The summed E-state index contributed by atoms with van der Waals surface area (Å²) in [6, 6.07) is 6.29. The fraction of sp³-hybridized carbons (Fsp3) is 0.526. The SMILES string of the molecule is Cc1cc(N2CCN(c3ccncc3)CC2)nc(N2CCCCC2)n1. The molecule has 2 saturated heterocycles. The third-order valence-electron chi connectivity index (χ3n) is 5.10. The van der Waals surface area contributed by atoms with Gasteiger partial charge in [0.2, 0.25) is 5.95 Å². The first-order valence-corrected chi connectivity index (χ1v) is 9.30. The number of hydrogen-bond acceptors (Lipinski definition) is 6. The molecule has 0 aromatic carbocycles. The van der Waals surface area contributed by atoms with Crippen molar-refractivity contribution in [2.45, 2.75) is 26.2 Å². The van der Waals surface area contributed by atoms with Crippen molar-refractivity contribution in [1.82, 2.24) is 15.0 Å². The lowest BCUT2D eigenvalue weighted by Crippen LogP contribution is -2.47. The Morgan fingerprint density at radius 2 is 1.44 bits per heavy atom. The molecule has 6 heteroatoms. The van der Waals surface area contributed by atoms with Gasteiger partial charge in [0, 0.05) is 69.1 Å². The summed E-state index contributed by atoms with van der Waals surface area (Å²) in [5, 5.41) is 0. The van der Waals surface area contributed by atoms with Crippen LogP contribution in [0.3, 0.4) is 0 Å². The zero-order valence-corrected chi connectivity index (χ0v) is 14.9. The van der Waals surface area contributed by atoms with Crippen molar-refractivity contribution in [2.75, 3.05) is 54.0 Å². The first-order chi connectivity index (χ1) is 12.3. The number of anilines is 3. The van der Waals surface area contributed by atoms with Crippen molar-refractivity contribution in [3.05, 3.63) is 36.3 Å². The molecule has 25 heavy (non-hydrogen) atoms. The lowest BCUT2D eigenvalue weighted by Gasteiger charge is -2.37. The lowest BCUT2D eigenvalue weighted by atomic mass is 10.1. The Labute approximate surface area is 149 Å². The predicted octanol–water partition coefficient (Wildman–Crippen LogP) is 2.50. The normalized spacial score (nSPS) is 18.5. The van der Waals surface area contributed by atoms with Gasteiger partial charge in [-0.15, -0.1) is 0 Å². The molecular formula is C19H26N6. The zero-order chi connectivity index (χ0) is 17.1. The number of rotatable bonds is 3. The van der Waals surface area contributed by atoms with Crippen LogP contribution in [0.4, 0.5) is 17.5 Å². The Balaban J connectivity index is 1.46. The van der Waals surface area contributed by atoms with Gasteiger partial charge >= 0.3 is 0 Å². The monoisotopic (exact) mass is 338 g/mol. The number of piperidine rings is 1. The largest absolute Gasteiger partial charge is 0.368 e. The molecule has 0 radical (unpaired) electrons. The average molecular weight is 338 g/mol. The van der Waals surface area contributed by atoms with E-state index in [9.17, 15) is 0 Å². The van der Waals surface area contributed by atoms with Crippen LogP contribution in [0.1, 0.15) is 25.0 Å². The van der Waals surface area contributed by atoms with Crippen LogP contribution in [0.25, 0.3) is 0 Å². The van der Waals surface area contributed by atoms with Crippen LogP contribution in [-0.4, -0.2) is 54.2 Å². The van der Waals surface area contributed by atoms with Crippen molar-refractivity contribution in [3.8, 4) is 0 Å². The second-order valence-corrected chi connectivity index (χ2v) is 6.89. The van der Waals surface area contributed by atoms with Gasteiger partial charge in [0.15, 0.2) is 0 Å². The van der Waals surface area contributed by atoms with E-state index in [4.69, 9.17) is 4.98 Å². The highest BCUT2D eigenvalue weighted by Gasteiger charge is 2.21. The standard InChI is InChI=1S/C19H26N6/c1-16-15-18(22-19(21-16)25-9-3-2-4-10-25)24-13-11-23(12-14-24)17-5-7-20-8-6-17/h5-8,15H,2-4,9-14H2,1H3. The van der Waals surface area contributed by atoms with Gasteiger partial charge in [-0.05, 0) is 38.3 Å².